The molecule has 1 aromatic heterocycles. The van der Waals surface area contributed by atoms with E-state index in [1.54, 1.807) is 11.8 Å². The molecule has 0 radical (unpaired) electrons. The van der Waals surface area contributed by atoms with E-state index < -0.39 is 0 Å². The molecule has 0 spiro atoms. The molecule has 0 N–H and O–H groups in total. The molecule has 4 rings (SSSR count). The number of aromatic nitrogens is 3. The summed E-state index contributed by atoms with van der Waals surface area (Å²) in [6.45, 7) is 0. The first-order valence-corrected chi connectivity index (χ1v) is 9.41. The van der Waals surface area contributed by atoms with Gasteiger partial charge in [-0.2, -0.15) is 0 Å². The van der Waals surface area contributed by atoms with E-state index in [9.17, 15) is 0 Å². The second-order valence-corrected chi connectivity index (χ2v) is 6.94. The van der Waals surface area contributed by atoms with Gasteiger partial charge in [0.15, 0.2) is 5.75 Å². The number of para-hydroxylation sites is 2. The Labute approximate surface area is 170 Å². The van der Waals surface area contributed by atoms with Crippen molar-refractivity contribution in [2.24, 2.45) is 0 Å². The van der Waals surface area contributed by atoms with Gasteiger partial charge in [0.2, 0.25) is 0 Å². The normalized spacial score (nSPS) is 10.6. The average Bonchev–Trinajstić information content (AvgIpc) is 3.20. The highest BCUT2D eigenvalue weighted by Crippen LogP contribution is 2.33. The van der Waals surface area contributed by atoms with Crippen LogP contribution in [0, 0.1) is 3.57 Å². The first kappa shape index (κ1) is 17.5. The van der Waals surface area contributed by atoms with Gasteiger partial charge >= 0.3 is 0 Å². The van der Waals surface area contributed by atoms with Crippen molar-refractivity contribution in [1.82, 2.24) is 15.0 Å². The zero-order valence-corrected chi connectivity index (χ0v) is 16.7. The SMILES string of the molecule is COc1ccc(-c2cn(-c3cccc(I)c3Oc3ccccc3)nn2)cc1. The molecule has 0 unspecified atom stereocenters. The third-order valence-corrected chi connectivity index (χ3v) is 4.88. The summed E-state index contributed by atoms with van der Waals surface area (Å²) < 4.78 is 14.1. The molecule has 0 amide bonds. The number of methoxy groups -OCH3 is 1. The first-order valence-electron chi connectivity index (χ1n) is 8.33. The fourth-order valence-electron chi connectivity index (χ4n) is 2.66. The quantitative estimate of drug-likeness (QED) is 0.371. The van der Waals surface area contributed by atoms with E-state index in [4.69, 9.17) is 9.47 Å². The maximum Gasteiger partial charge on any atom is 0.166 e. The minimum atomic E-state index is 0.746. The Morgan fingerprint density at radius 3 is 2.37 bits per heavy atom. The van der Waals surface area contributed by atoms with Crippen molar-refractivity contribution in [2.75, 3.05) is 7.11 Å². The predicted molar refractivity (Wildman–Crippen MR) is 113 cm³/mol. The average molecular weight is 469 g/mol. The van der Waals surface area contributed by atoms with Crippen molar-refractivity contribution in [2.45, 2.75) is 0 Å². The van der Waals surface area contributed by atoms with Crippen LogP contribution < -0.4 is 9.47 Å². The maximum atomic E-state index is 6.13. The summed E-state index contributed by atoms with van der Waals surface area (Å²) >= 11 is 2.27. The maximum absolute atomic E-state index is 6.13. The number of hydrogen-bond acceptors (Lipinski definition) is 4. The summed E-state index contributed by atoms with van der Waals surface area (Å²) in [6.07, 6.45) is 1.89. The third-order valence-electron chi connectivity index (χ3n) is 4.04. The molecule has 0 saturated heterocycles. The molecular weight excluding hydrogens is 453 g/mol. The molecule has 0 aliphatic carbocycles. The number of benzene rings is 3. The lowest BCUT2D eigenvalue weighted by Gasteiger charge is -2.12. The number of hydrogen-bond donors (Lipinski definition) is 0. The molecule has 5 nitrogen and oxygen atoms in total. The van der Waals surface area contributed by atoms with Gasteiger partial charge in [0.1, 0.15) is 22.9 Å². The van der Waals surface area contributed by atoms with Crippen LogP contribution in [0.15, 0.2) is 79.0 Å². The Morgan fingerprint density at radius 2 is 1.63 bits per heavy atom. The number of nitrogens with zero attached hydrogens (tertiary/aromatic N) is 3. The van der Waals surface area contributed by atoms with Crippen molar-refractivity contribution >= 4 is 22.6 Å². The Morgan fingerprint density at radius 1 is 0.852 bits per heavy atom. The fourth-order valence-corrected chi connectivity index (χ4v) is 3.25. The van der Waals surface area contributed by atoms with Crippen molar-refractivity contribution in [3.63, 3.8) is 0 Å². The molecule has 6 heteroatoms. The molecule has 0 saturated carbocycles. The molecular formula is C21H16IN3O2. The van der Waals surface area contributed by atoms with Crippen LogP contribution in [0.1, 0.15) is 0 Å². The van der Waals surface area contributed by atoms with Crippen molar-refractivity contribution in [3.8, 4) is 34.2 Å². The molecule has 0 aliphatic heterocycles. The predicted octanol–water partition coefficient (Wildman–Crippen LogP) is 5.34. The topological polar surface area (TPSA) is 49.2 Å². The minimum absolute atomic E-state index is 0.746. The van der Waals surface area contributed by atoms with Crippen molar-refractivity contribution < 1.29 is 9.47 Å². The zero-order chi connectivity index (χ0) is 18.6. The van der Waals surface area contributed by atoms with Crippen LogP contribution >= 0.6 is 22.6 Å². The Kier molecular flexibility index (Phi) is 5.06. The minimum Gasteiger partial charge on any atom is -0.497 e. The van der Waals surface area contributed by atoms with Crippen molar-refractivity contribution in [1.29, 1.82) is 0 Å². The van der Waals surface area contributed by atoms with Gasteiger partial charge in [0.05, 0.1) is 16.9 Å². The highest BCUT2D eigenvalue weighted by Gasteiger charge is 2.14. The molecule has 3 aromatic carbocycles. The van der Waals surface area contributed by atoms with Crippen LogP contribution in [0.25, 0.3) is 16.9 Å². The van der Waals surface area contributed by atoms with E-state index in [1.807, 2.05) is 79.0 Å². The van der Waals surface area contributed by atoms with Gasteiger partial charge in [-0.15, -0.1) is 5.10 Å². The Hall–Kier alpha value is -2.87. The molecule has 1 heterocycles. The number of halogens is 1. The van der Waals surface area contributed by atoms with Gasteiger partial charge in [-0.1, -0.05) is 29.5 Å². The van der Waals surface area contributed by atoms with Gasteiger partial charge in [-0.05, 0) is 71.1 Å². The van der Waals surface area contributed by atoms with Crippen LogP contribution in [-0.2, 0) is 0 Å². The summed E-state index contributed by atoms with van der Waals surface area (Å²) in [5.41, 5.74) is 2.58. The van der Waals surface area contributed by atoms with Gasteiger partial charge in [0.25, 0.3) is 0 Å². The highest BCUT2D eigenvalue weighted by molar-refractivity contribution is 14.1. The molecule has 0 fully saturated rings. The van der Waals surface area contributed by atoms with Crippen LogP contribution in [0.3, 0.4) is 0 Å². The third kappa shape index (κ3) is 3.80. The van der Waals surface area contributed by atoms with E-state index in [2.05, 4.69) is 32.9 Å². The second-order valence-electron chi connectivity index (χ2n) is 5.78. The standard InChI is InChI=1S/C21H16IN3O2/c1-26-16-12-10-15(11-13-16)19-14-25(24-23-19)20-9-5-8-18(22)21(20)27-17-6-3-2-4-7-17/h2-14H,1H3. The summed E-state index contributed by atoms with van der Waals surface area (Å²) in [6, 6.07) is 23.4. The van der Waals surface area contributed by atoms with Gasteiger partial charge in [0, 0.05) is 5.56 Å². The Bertz CT molecular complexity index is 1050. The Balaban J connectivity index is 1.69. The summed E-state index contributed by atoms with van der Waals surface area (Å²) in [5, 5.41) is 8.61. The molecule has 4 aromatic rings. The molecule has 0 atom stereocenters. The van der Waals surface area contributed by atoms with Gasteiger partial charge < -0.3 is 9.47 Å². The fraction of sp³-hybridized carbons (Fsp3) is 0.0476. The lowest BCUT2D eigenvalue weighted by Crippen LogP contribution is -2.00. The zero-order valence-electron chi connectivity index (χ0n) is 14.5. The monoisotopic (exact) mass is 469 g/mol. The second kappa shape index (κ2) is 7.79. The van der Waals surface area contributed by atoms with Gasteiger partial charge in [-0.25, -0.2) is 4.68 Å². The molecule has 0 bridgehead atoms. The van der Waals surface area contributed by atoms with Crippen LogP contribution in [0.4, 0.5) is 0 Å². The van der Waals surface area contributed by atoms with E-state index >= 15 is 0 Å². The van der Waals surface area contributed by atoms with Crippen LogP contribution in [-0.4, -0.2) is 22.1 Å². The summed E-state index contributed by atoms with van der Waals surface area (Å²) in [7, 11) is 1.65. The lowest BCUT2D eigenvalue weighted by molar-refractivity contribution is 0.415. The van der Waals surface area contributed by atoms with Gasteiger partial charge in [-0.3, -0.25) is 0 Å². The lowest BCUT2D eigenvalue weighted by atomic mass is 10.1. The molecule has 27 heavy (non-hydrogen) atoms. The smallest absolute Gasteiger partial charge is 0.166 e. The van der Waals surface area contributed by atoms with Crippen LogP contribution in [0.5, 0.6) is 17.2 Å². The summed E-state index contributed by atoms with van der Waals surface area (Å²) in [5.74, 6) is 2.33. The highest BCUT2D eigenvalue weighted by atomic mass is 127. The molecule has 134 valence electrons. The van der Waals surface area contributed by atoms with E-state index in [0.29, 0.717) is 0 Å². The largest absolute Gasteiger partial charge is 0.497 e. The van der Waals surface area contributed by atoms with E-state index in [0.717, 1.165) is 37.8 Å². The van der Waals surface area contributed by atoms with Crippen molar-refractivity contribution in [3.05, 3.63) is 82.6 Å². The molecule has 0 aliphatic rings. The number of rotatable bonds is 5. The summed E-state index contributed by atoms with van der Waals surface area (Å²) in [4.78, 5) is 0. The van der Waals surface area contributed by atoms with E-state index in [-0.39, 0.29) is 0 Å². The first-order chi connectivity index (χ1) is 13.2. The van der Waals surface area contributed by atoms with E-state index in [1.165, 1.54) is 0 Å². The van der Waals surface area contributed by atoms with Crippen LogP contribution in [0.2, 0.25) is 0 Å². The number of ether oxygens (including phenoxy) is 2.